The molecule has 0 aliphatic heterocycles. The van der Waals surface area contributed by atoms with Gasteiger partial charge in [-0.2, -0.15) is 4.31 Å². The number of aryl methyl sites for hydroxylation is 1. The fourth-order valence-corrected chi connectivity index (χ4v) is 4.49. The van der Waals surface area contributed by atoms with E-state index in [-0.39, 0.29) is 36.0 Å². The molecular formula is C17H19Cl2NO5S. The van der Waals surface area contributed by atoms with Crippen LogP contribution in [-0.4, -0.2) is 31.8 Å². The molecule has 0 spiro atoms. The van der Waals surface area contributed by atoms with Crippen molar-refractivity contribution in [3.8, 4) is 0 Å². The van der Waals surface area contributed by atoms with E-state index in [9.17, 15) is 13.2 Å². The third-order valence-corrected chi connectivity index (χ3v) is 6.33. The molecule has 2 aromatic rings. The standard InChI is InChI=1S/C17H19Cl2NO5S/c1-3-24-17(21)6-7-20(11-13-5-4-8-25-13)26(22,23)16-9-12(2)14(18)10-15(16)19/h4-5,8-10H,3,6-7,11H2,1-2H3. The van der Waals surface area contributed by atoms with Crippen molar-refractivity contribution >= 4 is 39.2 Å². The zero-order valence-corrected chi connectivity index (χ0v) is 16.7. The molecule has 0 unspecified atom stereocenters. The maximum Gasteiger partial charge on any atom is 0.307 e. The van der Waals surface area contributed by atoms with Crippen molar-refractivity contribution in [2.24, 2.45) is 0 Å². The topological polar surface area (TPSA) is 76.8 Å². The lowest BCUT2D eigenvalue weighted by Gasteiger charge is -2.22. The first kappa shape index (κ1) is 20.8. The van der Waals surface area contributed by atoms with Gasteiger partial charge in [-0.1, -0.05) is 23.2 Å². The molecule has 0 aliphatic carbocycles. The van der Waals surface area contributed by atoms with Gasteiger partial charge in [-0.05, 0) is 43.7 Å². The molecule has 9 heteroatoms. The highest BCUT2D eigenvalue weighted by molar-refractivity contribution is 7.89. The maximum atomic E-state index is 13.1. The molecule has 1 aromatic carbocycles. The number of rotatable bonds is 8. The third-order valence-electron chi connectivity index (χ3n) is 3.61. The Balaban J connectivity index is 2.35. The van der Waals surface area contributed by atoms with Crippen LogP contribution in [0.4, 0.5) is 0 Å². The molecular weight excluding hydrogens is 401 g/mol. The minimum Gasteiger partial charge on any atom is -0.468 e. The van der Waals surface area contributed by atoms with Gasteiger partial charge < -0.3 is 9.15 Å². The SMILES string of the molecule is CCOC(=O)CCN(Cc1ccco1)S(=O)(=O)c1cc(C)c(Cl)cc1Cl. The summed E-state index contributed by atoms with van der Waals surface area (Å²) in [6, 6.07) is 6.12. The highest BCUT2D eigenvalue weighted by Crippen LogP contribution is 2.31. The maximum absolute atomic E-state index is 13.1. The van der Waals surface area contributed by atoms with Crippen molar-refractivity contribution in [2.75, 3.05) is 13.2 Å². The first-order valence-electron chi connectivity index (χ1n) is 7.89. The number of esters is 1. The molecule has 1 heterocycles. The Morgan fingerprint density at radius 3 is 2.62 bits per heavy atom. The molecule has 0 fully saturated rings. The van der Waals surface area contributed by atoms with Crippen LogP contribution in [0.15, 0.2) is 39.8 Å². The van der Waals surface area contributed by atoms with Crippen LogP contribution in [-0.2, 0) is 26.1 Å². The van der Waals surface area contributed by atoms with E-state index in [1.54, 1.807) is 26.0 Å². The molecule has 2 rings (SSSR count). The van der Waals surface area contributed by atoms with Crippen molar-refractivity contribution in [1.82, 2.24) is 4.31 Å². The summed E-state index contributed by atoms with van der Waals surface area (Å²) < 4.78 is 37.5. The lowest BCUT2D eigenvalue weighted by molar-refractivity contribution is -0.143. The molecule has 0 radical (unpaired) electrons. The fraction of sp³-hybridized carbons (Fsp3) is 0.353. The number of carbonyl (C=O) groups is 1. The number of nitrogens with zero attached hydrogens (tertiary/aromatic N) is 1. The first-order valence-corrected chi connectivity index (χ1v) is 10.1. The quantitative estimate of drug-likeness (QED) is 0.603. The summed E-state index contributed by atoms with van der Waals surface area (Å²) >= 11 is 12.1. The number of hydrogen-bond donors (Lipinski definition) is 0. The Bertz CT molecular complexity index is 866. The summed E-state index contributed by atoms with van der Waals surface area (Å²) in [5.74, 6) is -0.0372. The number of benzene rings is 1. The average molecular weight is 420 g/mol. The second-order valence-corrected chi connectivity index (χ2v) is 8.23. The average Bonchev–Trinajstić information content (AvgIpc) is 3.08. The first-order chi connectivity index (χ1) is 12.3. The molecule has 0 saturated heterocycles. The number of halogens is 2. The van der Waals surface area contributed by atoms with Crippen molar-refractivity contribution in [3.63, 3.8) is 0 Å². The van der Waals surface area contributed by atoms with Gasteiger partial charge in [0.1, 0.15) is 10.7 Å². The van der Waals surface area contributed by atoms with E-state index >= 15 is 0 Å². The van der Waals surface area contributed by atoms with Gasteiger partial charge in [0.15, 0.2) is 0 Å². The minimum absolute atomic E-state index is 0.0150. The predicted octanol–water partition coefficient (Wildman–Crippen LogP) is 4.04. The lowest BCUT2D eigenvalue weighted by Crippen LogP contribution is -2.33. The summed E-state index contributed by atoms with van der Waals surface area (Å²) in [5, 5.41) is 0.388. The van der Waals surface area contributed by atoms with E-state index in [2.05, 4.69) is 0 Å². The van der Waals surface area contributed by atoms with Gasteiger partial charge in [-0.3, -0.25) is 4.79 Å². The highest BCUT2D eigenvalue weighted by atomic mass is 35.5. The van der Waals surface area contributed by atoms with E-state index in [4.69, 9.17) is 32.4 Å². The van der Waals surface area contributed by atoms with Gasteiger partial charge in [-0.15, -0.1) is 0 Å². The van der Waals surface area contributed by atoms with E-state index in [0.717, 1.165) is 4.31 Å². The summed E-state index contributed by atoms with van der Waals surface area (Å²) in [4.78, 5) is 11.6. The van der Waals surface area contributed by atoms with E-state index < -0.39 is 16.0 Å². The van der Waals surface area contributed by atoms with Gasteiger partial charge in [0.2, 0.25) is 10.0 Å². The van der Waals surface area contributed by atoms with E-state index in [1.165, 1.54) is 18.4 Å². The van der Waals surface area contributed by atoms with Crippen LogP contribution in [0, 0.1) is 6.92 Å². The number of furan rings is 1. The van der Waals surface area contributed by atoms with Crippen molar-refractivity contribution in [3.05, 3.63) is 51.9 Å². The Kier molecular flexibility index (Phi) is 7.11. The zero-order valence-electron chi connectivity index (χ0n) is 14.4. The van der Waals surface area contributed by atoms with Gasteiger partial charge in [0, 0.05) is 11.6 Å². The van der Waals surface area contributed by atoms with Crippen LogP contribution in [0.25, 0.3) is 0 Å². The van der Waals surface area contributed by atoms with Crippen LogP contribution in [0.2, 0.25) is 10.0 Å². The Labute approximate surface area is 162 Å². The molecule has 0 atom stereocenters. The molecule has 0 saturated carbocycles. The number of sulfonamides is 1. The second-order valence-electron chi connectivity index (χ2n) is 5.50. The summed E-state index contributed by atoms with van der Waals surface area (Å²) in [5.41, 5.74) is 0.581. The fourth-order valence-electron chi connectivity index (χ4n) is 2.28. The number of hydrogen-bond acceptors (Lipinski definition) is 5. The van der Waals surface area contributed by atoms with E-state index in [1.807, 2.05) is 0 Å². The number of carbonyl (C=O) groups excluding carboxylic acids is 1. The zero-order chi connectivity index (χ0) is 19.3. The molecule has 1 aromatic heterocycles. The Hall–Kier alpha value is -1.54. The van der Waals surface area contributed by atoms with Crippen LogP contribution in [0.1, 0.15) is 24.7 Å². The Morgan fingerprint density at radius 1 is 1.27 bits per heavy atom. The van der Waals surface area contributed by atoms with Crippen molar-refractivity contribution in [2.45, 2.75) is 31.7 Å². The lowest BCUT2D eigenvalue weighted by atomic mass is 10.2. The second kappa shape index (κ2) is 8.90. The van der Waals surface area contributed by atoms with Crippen LogP contribution < -0.4 is 0 Å². The summed E-state index contributed by atoms with van der Waals surface area (Å²) in [6.45, 7) is 3.50. The van der Waals surface area contributed by atoms with Crippen molar-refractivity contribution < 1.29 is 22.4 Å². The molecule has 6 nitrogen and oxygen atoms in total. The van der Waals surface area contributed by atoms with Gasteiger partial charge in [0.25, 0.3) is 0 Å². The van der Waals surface area contributed by atoms with E-state index in [0.29, 0.717) is 16.3 Å². The summed E-state index contributed by atoms with van der Waals surface area (Å²) in [7, 11) is -3.98. The van der Waals surface area contributed by atoms with Gasteiger partial charge >= 0.3 is 5.97 Å². The largest absolute Gasteiger partial charge is 0.468 e. The molecule has 0 amide bonds. The molecule has 26 heavy (non-hydrogen) atoms. The Morgan fingerprint density at radius 2 is 2.00 bits per heavy atom. The monoisotopic (exact) mass is 419 g/mol. The van der Waals surface area contributed by atoms with Gasteiger partial charge in [0.05, 0.1) is 30.9 Å². The van der Waals surface area contributed by atoms with Crippen LogP contribution in [0.5, 0.6) is 0 Å². The van der Waals surface area contributed by atoms with Crippen LogP contribution in [0.3, 0.4) is 0 Å². The smallest absolute Gasteiger partial charge is 0.307 e. The normalized spacial score (nSPS) is 11.7. The molecule has 0 N–H and O–H groups in total. The molecule has 0 aliphatic rings. The predicted molar refractivity (Wildman–Crippen MR) is 98.8 cm³/mol. The van der Waals surface area contributed by atoms with Crippen molar-refractivity contribution in [1.29, 1.82) is 0 Å². The minimum atomic E-state index is -3.98. The third kappa shape index (κ3) is 5.01. The molecule has 142 valence electrons. The molecule has 0 bridgehead atoms. The highest BCUT2D eigenvalue weighted by Gasteiger charge is 2.29. The summed E-state index contributed by atoms with van der Waals surface area (Å²) in [6.07, 6.45) is 1.36. The van der Waals surface area contributed by atoms with Crippen LogP contribution >= 0.6 is 23.2 Å². The van der Waals surface area contributed by atoms with Gasteiger partial charge in [-0.25, -0.2) is 8.42 Å². The number of ether oxygens (including phenoxy) is 1.